The minimum atomic E-state index is -0.987. The third kappa shape index (κ3) is 4.94. The van der Waals surface area contributed by atoms with Crippen LogP contribution in [-0.2, 0) is 27.3 Å². The van der Waals surface area contributed by atoms with Crippen LogP contribution < -0.4 is 4.90 Å². The van der Waals surface area contributed by atoms with Crippen LogP contribution in [0.1, 0.15) is 49.7 Å². The highest BCUT2D eigenvalue weighted by molar-refractivity contribution is 6.02. The van der Waals surface area contributed by atoms with Gasteiger partial charge in [0.05, 0.1) is 0 Å². The molecule has 0 bridgehead atoms. The summed E-state index contributed by atoms with van der Waals surface area (Å²) in [6, 6.07) is 11.7. The molecular weight excluding hydrogens is 402 g/mol. The maximum atomic E-state index is 13.0. The average molecular weight is 434 g/mol. The fourth-order valence-corrected chi connectivity index (χ4v) is 4.17. The maximum Gasteiger partial charge on any atom is 0.349 e. The first kappa shape index (κ1) is 23.3. The van der Waals surface area contributed by atoms with Crippen molar-refractivity contribution in [2.45, 2.75) is 60.1 Å². The van der Waals surface area contributed by atoms with Gasteiger partial charge in [0.25, 0.3) is 5.91 Å². The molecule has 1 aromatic heterocycles. The van der Waals surface area contributed by atoms with Gasteiger partial charge in [0.15, 0.2) is 6.10 Å². The van der Waals surface area contributed by atoms with Gasteiger partial charge in [-0.1, -0.05) is 32.0 Å². The highest BCUT2D eigenvalue weighted by atomic mass is 16.5. The van der Waals surface area contributed by atoms with E-state index in [1.54, 1.807) is 17.9 Å². The van der Waals surface area contributed by atoms with Crippen molar-refractivity contribution >= 4 is 23.6 Å². The minimum Gasteiger partial charge on any atom is -0.448 e. The molecule has 0 radical (unpaired) electrons. The molecule has 1 aliphatic rings. The van der Waals surface area contributed by atoms with Crippen molar-refractivity contribution in [3.8, 4) is 6.07 Å². The highest BCUT2D eigenvalue weighted by Crippen LogP contribution is 2.27. The van der Waals surface area contributed by atoms with Crippen LogP contribution in [-0.4, -0.2) is 29.1 Å². The number of anilines is 1. The first-order valence-electron chi connectivity index (χ1n) is 11.1. The molecule has 168 valence electrons. The van der Waals surface area contributed by atoms with Gasteiger partial charge in [0.2, 0.25) is 0 Å². The van der Waals surface area contributed by atoms with E-state index in [4.69, 9.17) is 4.74 Å². The number of nitrogens with zero attached hydrogens (tertiary/aromatic N) is 3. The normalized spacial score (nSPS) is 14.7. The molecule has 0 spiro atoms. The maximum absolute atomic E-state index is 13.0. The van der Waals surface area contributed by atoms with Crippen molar-refractivity contribution < 1.29 is 14.3 Å². The van der Waals surface area contributed by atoms with Crippen molar-refractivity contribution in [2.75, 3.05) is 11.4 Å². The molecule has 1 amide bonds. The molecule has 0 saturated heterocycles. The van der Waals surface area contributed by atoms with Gasteiger partial charge >= 0.3 is 5.97 Å². The number of fused-ring (bicyclic) bond motifs is 1. The topological polar surface area (TPSA) is 75.3 Å². The van der Waals surface area contributed by atoms with Gasteiger partial charge in [-0.3, -0.25) is 4.79 Å². The van der Waals surface area contributed by atoms with E-state index in [2.05, 4.69) is 18.4 Å². The largest absolute Gasteiger partial charge is 0.448 e. The smallest absolute Gasteiger partial charge is 0.349 e. The number of amides is 1. The van der Waals surface area contributed by atoms with Gasteiger partial charge in [-0.15, -0.1) is 0 Å². The van der Waals surface area contributed by atoms with Crippen LogP contribution in [0.4, 0.5) is 5.69 Å². The molecule has 32 heavy (non-hydrogen) atoms. The van der Waals surface area contributed by atoms with Crippen molar-refractivity contribution in [3.63, 3.8) is 0 Å². The van der Waals surface area contributed by atoms with Gasteiger partial charge in [-0.25, -0.2) is 4.79 Å². The van der Waals surface area contributed by atoms with E-state index < -0.39 is 12.1 Å². The summed E-state index contributed by atoms with van der Waals surface area (Å²) in [5.74, 6) is -0.589. The molecule has 0 aliphatic carbocycles. The Morgan fingerprint density at radius 2 is 1.94 bits per heavy atom. The van der Waals surface area contributed by atoms with Crippen LogP contribution in [0.25, 0.3) is 6.08 Å². The number of hydrogen-bond acceptors (Lipinski definition) is 4. The molecule has 1 aromatic carbocycles. The molecule has 2 heterocycles. The van der Waals surface area contributed by atoms with Crippen molar-refractivity contribution in [3.05, 3.63) is 58.4 Å². The molecular formula is C26H31N3O3. The van der Waals surface area contributed by atoms with Crippen molar-refractivity contribution in [1.29, 1.82) is 5.26 Å². The summed E-state index contributed by atoms with van der Waals surface area (Å²) < 4.78 is 7.60. The van der Waals surface area contributed by atoms with Crippen molar-refractivity contribution in [1.82, 2.24) is 4.57 Å². The lowest BCUT2D eigenvalue weighted by molar-refractivity contribution is -0.149. The Bertz CT molecular complexity index is 1090. The summed E-state index contributed by atoms with van der Waals surface area (Å²) in [4.78, 5) is 27.4. The summed E-state index contributed by atoms with van der Waals surface area (Å²) in [6.45, 7) is 11.3. The highest BCUT2D eigenvalue weighted by Gasteiger charge is 2.29. The van der Waals surface area contributed by atoms with Crippen LogP contribution in [0.5, 0.6) is 0 Å². The number of rotatable bonds is 6. The number of aromatic nitrogens is 1. The quantitative estimate of drug-likeness (QED) is 0.380. The Balaban J connectivity index is 1.76. The molecule has 3 rings (SSSR count). The molecule has 0 fully saturated rings. The summed E-state index contributed by atoms with van der Waals surface area (Å²) in [6.07, 6.45) is 2.34. The number of benzene rings is 1. The van der Waals surface area contributed by atoms with Gasteiger partial charge in [-0.05, 0) is 68.9 Å². The number of carbonyl (C=O) groups excluding carboxylic acids is 2. The third-order valence-electron chi connectivity index (χ3n) is 5.81. The molecule has 1 atom stereocenters. The van der Waals surface area contributed by atoms with Crippen LogP contribution in [0, 0.1) is 31.1 Å². The molecule has 1 unspecified atom stereocenters. The molecule has 0 N–H and O–H groups in total. The number of ether oxygens (including phenoxy) is 1. The lowest BCUT2D eigenvalue weighted by Crippen LogP contribution is -2.42. The molecule has 2 aromatic rings. The van der Waals surface area contributed by atoms with E-state index in [-0.39, 0.29) is 11.5 Å². The number of esters is 1. The Morgan fingerprint density at radius 3 is 2.62 bits per heavy atom. The summed E-state index contributed by atoms with van der Waals surface area (Å²) in [7, 11) is 0. The zero-order valence-electron chi connectivity index (χ0n) is 19.5. The van der Waals surface area contributed by atoms with E-state index in [0.29, 0.717) is 12.5 Å². The number of nitriles is 1. The SMILES string of the molecule is Cc1cc(/C=C(\C#N)C(=O)OC(C)C(=O)N2CCCc3ccccc32)c(C)n1CC(C)C. The predicted molar refractivity (Wildman–Crippen MR) is 125 cm³/mol. The van der Waals surface area contributed by atoms with E-state index in [1.807, 2.05) is 50.2 Å². The lowest BCUT2D eigenvalue weighted by atomic mass is 10.0. The fraction of sp³-hybridized carbons (Fsp3) is 0.423. The Hall–Kier alpha value is -3.33. The molecule has 6 heteroatoms. The monoisotopic (exact) mass is 433 g/mol. The second kappa shape index (κ2) is 9.86. The summed E-state index contributed by atoms with van der Waals surface area (Å²) in [5.41, 5.74) is 4.72. The van der Waals surface area contributed by atoms with E-state index in [1.165, 1.54) is 0 Å². The average Bonchev–Trinajstić information content (AvgIpc) is 3.03. The Morgan fingerprint density at radius 1 is 1.22 bits per heavy atom. The number of hydrogen-bond donors (Lipinski definition) is 0. The number of carbonyl (C=O) groups is 2. The molecule has 6 nitrogen and oxygen atoms in total. The van der Waals surface area contributed by atoms with Crippen molar-refractivity contribution in [2.24, 2.45) is 5.92 Å². The second-order valence-electron chi connectivity index (χ2n) is 8.77. The summed E-state index contributed by atoms with van der Waals surface area (Å²) in [5, 5.41) is 9.58. The van der Waals surface area contributed by atoms with Gasteiger partial charge in [0, 0.05) is 30.2 Å². The predicted octanol–water partition coefficient (Wildman–Crippen LogP) is 4.58. The summed E-state index contributed by atoms with van der Waals surface area (Å²) >= 11 is 0. The van der Waals surface area contributed by atoms with Crippen LogP contribution in [0.15, 0.2) is 35.9 Å². The van der Waals surface area contributed by atoms with Crippen LogP contribution in [0.2, 0.25) is 0 Å². The Labute approximate surface area is 190 Å². The Kier molecular flexibility index (Phi) is 7.19. The van der Waals surface area contributed by atoms with Crippen LogP contribution >= 0.6 is 0 Å². The fourth-order valence-electron chi connectivity index (χ4n) is 4.17. The molecule has 1 aliphatic heterocycles. The second-order valence-corrected chi connectivity index (χ2v) is 8.77. The lowest BCUT2D eigenvalue weighted by Gasteiger charge is -2.31. The van der Waals surface area contributed by atoms with Crippen LogP contribution in [0.3, 0.4) is 0 Å². The van der Waals surface area contributed by atoms with E-state index in [0.717, 1.165) is 47.6 Å². The standard InChI is InChI=1S/C26H31N3O3/c1-17(2)16-29-18(3)13-22(19(29)4)14-23(15-27)26(31)32-20(5)25(30)28-12-8-10-21-9-6-7-11-24(21)28/h6-7,9,11,13-14,17,20H,8,10,12,16H2,1-5H3/b23-14+. The van der Waals surface area contributed by atoms with E-state index >= 15 is 0 Å². The molecule has 0 saturated carbocycles. The zero-order valence-corrected chi connectivity index (χ0v) is 19.5. The number of para-hydroxylation sites is 1. The minimum absolute atomic E-state index is 0.117. The van der Waals surface area contributed by atoms with Gasteiger partial charge in [-0.2, -0.15) is 5.26 Å². The zero-order chi connectivity index (χ0) is 23.4. The van der Waals surface area contributed by atoms with E-state index in [9.17, 15) is 14.9 Å². The first-order chi connectivity index (χ1) is 15.2. The number of aryl methyl sites for hydroxylation is 2. The van der Waals surface area contributed by atoms with Gasteiger partial charge in [0.1, 0.15) is 11.6 Å². The third-order valence-corrected chi connectivity index (χ3v) is 5.81. The first-order valence-corrected chi connectivity index (χ1v) is 11.1. The van der Waals surface area contributed by atoms with Gasteiger partial charge < -0.3 is 14.2 Å².